The summed E-state index contributed by atoms with van der Waals surface area (Å²) >= 11 is 0. The van der Waals surface area contributed by atoms with Gasteiger partial charge in [0.15, 0.2) is 5.89 Å². The van der Waals surface area contributed by atoms with E-state index >= 15 is 0 Å². The standard InChI is InChI=1S/C12H18N2O2/c1-9(15)6-11-8-16-12(14-11)7-10-2-4-13-5-3-10/h8,10,13H,2-7H2,1H3. The van der Waals surface area contributed by atoms with Gasteiger partial charge < -0.3 is 9.73 Å². The molecule has 16 heavy (non-hydrogen) atoms. The molecule has 0 aromatic carbocycles. The molecule has 1 N–H and O–H groups in total. The molecule has 1 fully saturated rings. The zero-order valence-electron chi connectivity index (χ0n) is 9.66. The van der Waals surface area contributed by atoms with E-state index in [1.165, 1.54) is 12.8 Å². The molecule has 1 aliphatic heterocycles. The summed E-state index contributed by atoms with van der Waals surface area (Å²) in [5.74, 6) is 1.58. The number of nitrogens with zero attached hydrogens (tertiary/aromatic N) is 1. The lowest BCUT2D eigenvalue weighted by atomic mass is 9.95. The minimum Gasteiger partial charge on any atom is -0.449 e. The Morgan fingerprint density at radius 2 is 2.31 bits per heavy atom. The smallest absolute Gasteiger partial charge is 0.194 e. The van der Waals surface area contributed by atoms with Gasteiger partial charge in [-0.25, -0.2) is 4.98 Å². The summed E-state index contributed by atoms with van der Waals surface area (Å²) in [6, 6.07) is 0. The van der Waals surface area contributed by atoms with E-state index in [2.05, 4.69) is 10.3 Å². The highest BCUT2D eigenvalue weighted by Gasteiger charge is 2.16. The van der Waals surface area contributed by atoms with Crippen LogP contribution in [0, 0.1) is 5.92 Å². The van der Waals surface area contributed by atoms with Gasteiger partial charge in [-0.15, -0.1) is 0 Å². The molecule has 1 aromatic heterocycles. The van der Waals surface area contributed by atoms with Gasteiger partial charge in [0.2, 0.25) is 0 Å². The fraction of sp³-hybridized carbons (Fsp3) is 0.667. The zero-order valence-corrected chi connectivity index (χ0v) is 9.66. The van der Waals surface area contributed by atoms with Crippen molar-refractivity contribution in [2.75, 3.05) is 13.1 Å². The lowest BCUT2D eigenvalue weighted by Gasteiger charge is -2.20. The van der Waals surface area contributed by atoms with E-state index in [4.69, 9.17) is 4.42 Å². The normalized spacial score (nSPS) is 17.6. The Kier molecular flexibility index (Phi) is 3.72. The molecular weight excluding hydrogens is 204 g/mol. The number of ketones is 1. The second-order valence-electron chi connectivity index (χ2n) is 4.51. The van der Waals surface area contributed by atoms with Crippen molar-refractivity contribution in [3.05, 3.63) is 17.8 Å². The first kappa shape index (κ1) is 11.3. The van der Waals surface area contributed by atoms with E-state index in [1.54, 1.807) is 13.2 Å². The van der Waals surface area contributed by atoms with Gasteiger partial charge in [-0.2, -0.15) is 0 Å². The molecule has 4 heteroatoms. The van der Waals surface area contributed by atoms with E-state index in [1.807, 2.05) is 0 Å². The molecule has 0 unspecified atom stereocenters. The highest BCUT2D eigenvalue weighted by molar-refractivity contribution is 5.77. The first-order valence-corrected chi connectivity index (χ1v) is 5.87. The predicted octanol–water partition coefficient (Wildman–Crippen LogP) is 1.35. The molecule has 1 aliphatic rings. The van der Waals surface area contributed by atoms with Crippen LogP contribution in [0.5, 0.6) is 0 Å². The van der Waals surface area contributed by atoms with Crippen molar-refractivity contribution in [3.63, 3.8) is 0 Å². The molecule has 1 saturated heterocycles. The van der Waals surface area contributed by atoms with Crippen molar-refractivity contribution in [2.45, 2.75) is 32.6 Å². The molecule has 0 spiro atoms. The lowest BCUT2D eigenvalue weighted by Crippen LogP contribution is -2.28. The molecule has 0 saturated carbocycles. The Morgan fingerprint density at radius 3 is 3.00 bits per heavy atom. The Morgan fingerprint density at radius 1 is 1.56 bits per heavy atom. The monoisotopic (exact) mass is 222 g/mol. The highest BCUT2D eigenvalue weighted by atomic mass is 16.3. The summed E-state index contributed by atoms with van der Waals surface area (Å²) < 4.78 is 5.38. The number of carbonyl (C=O) groups excluding carboxylic acids is 1. The van der Waals surface area contributed by atoms with Gasteiger partial charge in [-0.05, 0) is 38.8 Å². The number of aromatic nitrogens is 1. The molecule has 0 bridgehead atoms. The van der Waals surface area contributed by atoms with E-state index < -0.39 is 0 Å². The van der Waals surface area contributed by atoms with Crippen LogP contribution in [0.25, 0.3) is 0 Å². The molecule has 88 valence electrons. The maximum atomic E-state index is 10.9. The summed E-state index contributed by atoms with van der Waals surface area (Å²) in [6.07, 6.45) is 5.27. The zero-order chi connectivity index (χ0) is 11.4. The van der Waals surface area contributed by atoms with Crippen molar-refractivity contribution in [1.29, 1.82) is 0 Å². The van der Waals surface area contributed by atoms with Crippen LogP contribution >= 0.6 is 0 Å². The molecule has 4 nitrogen and oxygen atoms in total. The Bertz CT molecular complexity index is 354. The fourth-order valence-corrected chi connectivity index (χ4v) is 2.11. The molecule has 0 atom stereocenters. The summed E-state index contributed by atoms with van der Waals surface area (Å²) in [4.78, 5) is 15.3. The highest BCUT2D eigenvalue weighted by Crippen LogP contribution is 2.17. The van der Waals surface area contributed by atoms with Crippen LogP contribution in [-0.2, 0) is 17.6 Å². The average molecular weight is 222 g/mol. The molecule has 0 radical (unpaired) electrons. The van der Waals surface area contributed by atoms with Crippen molar-refractivity contribution >= 4 is 5.78 Å². The fourth-order valence-electron chi connectivity index (χ4n) is 2.11. The van der Waals surface area contributed by atoms with Gasteiger partial charge in [0.05, 0.1) is 12.1 Å². The summed E-state index contributed by atoms with van der Waals surface area (Å²) in [7, 11) is 0. The van der Waals surface area contributed by atoms with E-state index in [9.17, 15) is 4.79 Å². The number of hydrogen-bond acceptors (Lipinski definition) is 4. The number of nitrogens with one attached hydrogen (secondary N) is 1. The predicted molar refractivity (Wildman–Crippen MR) is 60.2 cm³/mol. The molecule has 2 heterocycles. The van der Waals surface area contributed by atoms with Crippen LogP contribution < -0.4 is 5.32 Å². The van der Waals surface area contributed by atoms with Crippen LogP contribution in [0.1, 0.15) is 31.4 Å². The number of carbonyl (C=O) groups is 1. The second kappa shape index (κ2) is 5.25. The van der Waals surface area contributed by atoms with Gasteiger partial charge in [-0.1, -0.05) is 0 Å². The van der Waals surface area contributed by atoms with Crippen molar-refractivity contribution < 1.29 is 9.21 Å². The first-order valence-electron chi connectivity index (χ1n) is 5.87. The van der Waals surface area contributed by atoms with Crippen LogP contribution in [0.3, 0.4) is 0 Å². The quantitative estimate of drug-likeness (QED) is 0.835. The summed E-state index contributed by atoms with van der Waals surface area (Å²) in [5.41, 5.74) is 0.761. The topological polar surface area (TPSA) is 55.1 Å². The van der Waals surface area contributed by atoms with Crippen LogP contribution in [-0.4, -0.2) is 23.9 Å². The number of hydrogen-bond donors (Lipinski definition) is 1. The maximum Gasteiger partial charge on any atom is 0.194 e. The largest absolute Gasteiger partial charge is 0.449 e. The number of Topliss-reactive ketones (excluding diaryl/α,β-unsaturated/α-hetero) is 1. The molecular formula is C12H18N2O2. The Hall–Kier alpha value is -1.16. The minimum atomic E-state index is 0.127. The van der Waals surface area contributed by atoms with Crippen molar-refractivity contribution in [1.82, 2.24) is 10.3 Å². The van der Waals surface area contributed by atoms with E-state index in [0.29, 0.717) is 12.3 Å². The summed E-state index contributed by atoms with van der Waals surface area (Å²) in [6.45, 7) is 3.75. The SMILES string of the molecule is CC(=O)Cc1coc(CC2CCNCC2)n1. The number of oxazole rings is 1. The lowest BCUT2D eigenvalue weighted by molar-refractivity contribution is -0.116. The van der Waals surface area contributed by atoms with Gasteiger partial charge in [0, 0.05) is 6.42 Å². The third kappa shape index (κ3) is 3.17. The summed E-state index contributed by atoms with van der Waals surface area (Å²) in [5, 5.41) is 3.34. The van der Waals surface area contributed by atoms with Gasteiger partial charge in [0.1, 0.15) is 12.0 Å². The van der Waals surface area contributed by atoms with E-state index in [-0.39, 0.29) is 5.78 Å². The minimum absolute atomic E-state index is 0.127. The Balaban J connectivity index is 1.88. The molecule has 0 amide bonds. The van der Waals surface area contributed by atoms with Crippen LogP contribution in [0.2, 0.25) is 0 Å². The van der Waals surface area contributed by atoms with Crippen LogP contribution in [0.15, 0.2) is 10.7 Å². The average Bonchev–Trinajstić information content (AvgIpc) is 2.66. The van der Waals surface area contributed by atoms with Gasteiger partial charge >= 0.3 is 0 Å². The second-order valence-corrected chi connectivity index (χ2v) is 4.51. The number of rotatable bonds is 4. The molecule has 2 rings (SSSR count). The third-order valence-corrected chi connectivity index (χ3v) is 2.95. The van der Waals surface area contributed by atoms with Gasteiger partial charge in [-0.3, -0.25) is 4.79 Å². The first-order chi connectivity index (χ1) is 7.74. The van der Waals surface area contributed by atoms with E-state index in [0.717, 1.165) is 31.1 Å². The third-order valence-electron chi connectivity index (χ3n) is 2.95. The number of piperidine rings is 1. The molecule has 0 aliphatic carbocycles. The Labute approximate surface area is 95.4 Å². The van der Waals surface area contributed by atoms with Crippen molar-refractivity contribution in [2.24, 2.45) is 5.92 Å². The van der Waals surface area contributed by atoms with Gasteiger partial charge in [0.25, 0.3) is 0 Å². The molecule has 1 aromatic rings. The maximum absolute atomic E-state index is 10.9. The van der Waals surface area contributed by atoms with Crippen molar-refractivity contribution in [3.8, 4) is 0 Å². The van der Waals surface area contributed by atoms with Crippen LogP contribution in [0.4, 0.5) is 0 Å².